The number of carbonyl (C=O) groups is 2. The number of anilines is 2. The number of nitrogens with two attached hydrogens (primary N) is 1. The van der Waals surface area contributed by atoms with Gasteiger partial charge in [0, 0.05) is 51.9 Å². The summed E-state index contributed by atoms with van der Waals surface area (Å²) in [7, 11) is 2.07. The van der Waals surface area contributed by atoms with Gasteiger partial charge in [-0.2, -0.15) is 4.98 Å². The van der Waals surface area contributed by atoms with Crippen LogP contribution in [0.15, 0.2) is 6.20 Å². The summed E-state index contributed by atoms with van der Waals surface area (Å²) in [5.41, 5.74) is 7.28. The Labute approximate surface area is 178 Å². The van der Waals surface area contributed by atoms with Gasteiger partial charge in [0.15, 0.2) is 0 Å². The summed E-state index contributed by atoms with van der Waals surface area (Å²) >= 11 is 0. The van der Waals surface area contributed by atoms with Crippen LogP contribution in [0.1, 0.15) is 49.9 Å². The van der Waals surface area contributed by atoms with E-state index in [1.54, 1.807) is 0 Å². The molecule has 2 aliphatic heterocycles. The van der Waals surface area contributed by atoms with Crippen molar-refractivity contribution in [2.75, 3.05) is 57.4 Å². The summed E-state index contributed by atoms with van der Waals surface area (Å²) in [6.45, 7) is 6.90. The molecule has 3 N–H and O–H groups in total. The minimum absolute atomic E-state index is 0.185. The second-order valence-corrected chi connectivity index (χ2v) is 7.93. The van der Waals surface area contributed by atoms with Gasteiger partial charge in [0.25, 0.3) is 0 Å². The van der Waals surface area contributed by atoms with Gasteiger partial charge >= 0.3 is 0 Å². The molecule has 3 rings (SSSR count). The number of amides is 1. The van der Waals surface area contributed by atoms with E-state index < -0.39 is 6.04 Å². The summed E-state index contributed by atoms with van der Waals surface area (Å²) in [5, 5.41) is 3.30. The van der Waals surface area contributed by atoms with Crippen LogP contribution in [0.5, 0.6) is 0 Å². The number of fused-ring (bicyclic) bond motifs is 1. The molecule has 30 heavy (non-hydrogen) atoms. The molecule has 2 aliphatic rings. The van der Waals surface area contributed by atoms with Crippen LogP contribution in [0.3, 0.4) is 0 Å². The van der Waals surface area contributed by atoms with Gasteiger partial charge in [0.1, 0.15) is 18.1 Å². The van der Waals surface area contributed by atoms with Crippen molar-refractivity contribution in [3.05, 3.63) is 17.5 Å². The van der Waals surface area contributed by atoms with Gasteiger partial charge in [-0.25, -0.2) is 4.98 Å². The SMILES string of the molecule is CCCCNc1nc(N)nc2c1C(C=O)N(CCCC(=O)N1CCN(C)CC1)C=C2. The van der Waals surface area contributed by atoms with Gasteiger partial charge in [-0.3, -0.25) is 4.79 Å². The molecule has 1 saturated heterocycles. The fourth-order valence-electron chi connectivity index (χ4n) is 3.85. The largest absolute Gasteiger partial charge is 0.370 e. The van der Waals surface area contributed by atoms with Crippen molar-refractivity contribution in [3.8, 4) is 0 Å². The predicted molar refractivity (Wildman–Crippen MR) is 118 cm³/mol. The summed E-state index contributed by atoms with van der Waals surface area (Å²) in [4.78, 5) is 39.3. The van der Waals surface area contributed by atoms with E-state index in [9.17, 15) is 9.59 Å². The first-order valence-electron chi connectivity index (χ1n) is 10.8. The molecule has 0 saturated carbocycles. The molecule has 3 heterocycles. The fraction of sp³-hybridized carbons (Fsp3) is 0.619. The number of aldehydes is 1. The highest BCUT2D eigenvalue weighted by Crippen LogP contribution is 2.33. The highest BCUT2D eigenvalue weighted by Gasteiger charge is 2.28. The van der Waals surface area contributed by atoms with Gasteiger partial charge in [0.2, 0.25) is 11.9 Å². The van der Waals surface area contributed by atoms with E-state index in [-0.39, 0.29) is 11.9 Å². The zero-order chi connectivity index (χ0) is 21.5. The third kappa shape index (κ3) is 5.27. The first-order chi connectivity index (χ1) is 14.5. The smallest absolute Gasteiger partial charge is 0.222 e. The lowest BCUT2D eigenvalue weighted by atomic mass is 10.0. The number of unbranched alkanes of at least 4 members (excludes halogenated alkanes) is 1. The van der Waals surface area contributed by atoms with Crippen LogP contribution in [0.25, 0.3) is 6.08 Å². The number of hydrogen-bond donors (Lipinski definition) is 2. The first kappa shape index (κ1) is 22.0. The highest BCUT2D eigenvalue weighted by molar-refractivity contribution is 5.76. The molecule has 1 fully saturated rings. The van der Waals surface area contributed by atoms with E-state index in [0.717, 1.165) is 57.4 Å². The lowest BCUT2D eigenvalue weighted by Crippen LogP contribution is -2.47. The van der Waals surface area contributed by atoms with Crippen LogP contribution in [0.4, 0.5) is 11.8 Å². The molecule has 0 spiro atoms. The molecule has 164 valence electrons. The highest BCUT2D eigenvalue weighted by atomic mass is 16.2. The average molecular weight is 416 g/mol. The van der Waals surface area contributed by atoms with E-state index in [0.29, 0.717) is 30.9 Å². The Hall–Kier alpha value is -2.68. The quantitative estimate of drug-likeness (QED) is 0.460. The maximum absolute atomic E-state index is 12.5. The number of likely N-dealkylation sites (N-methyl/N-ethyl adjacent to an activating group) is 1. The van der Waals surface area contributed by atoms with Gasteiger partial charge < -0.3 is 30.5 Å². The van der Waals surface area contributed by atoms with Gasteiger partial charge in [-0.15, -0.1) is 0 Å². The molecule has 0 radical (unpaired) electrons. The Morgan fingerprint density at radius 2 is 2.03 bits per heavy atom. The third-order valence-electron chi connectivity index (χ3n) is 5.68. The number of rotatable bonds is 9. The zero-order valence-electron chi connectivity index (χ0n) is 18.0. The molecular formula is C21H33N7O2. The Balaban J connectivity index is 1.63. The predicted octanol–water partition coefficient (Wildman–Crippen LogP) is 1.35. The zero-order valence-corrected chi connectivity index (χ0v) is 18.0. The van der Waals surface area contributed by atoms with E-state index in [2.05, 4.69) is 34.2 Å². The number of nitrogen functional groups attached to an aromatic ring is 1. The second-order valence-electron chi connectivity index (χ2n) is 7.93. The fourth-order valence-corrected chi connectivity index (χ4v) is 3.85. The Morgan fingerprint density at radius 3 is 2.73 bits per heavy atom. The number of nitrogens with one attached hydrogen (secondary N) is 1. The van der Waals surface area contributed by atoms with Crippen molar-refractivity contribution < 1.29 is 9.59 Å². The maximum atomic E-state index is 12.5. The second kappa shape index (κ2) is 10.4. The van der Waals surface area contributed by atoms with E-state index in [1.807, 2.05) is 22.1 Å². The van der Waals surface area contributed by atoms with Crippen LogP contribution < -0.4 is 11.1 Å². The molecule has 1 amide bonds. The van der Waals surface area contributed by atoms with Crippen LogP contribution in [0.2, 0.25) is 0 Å². The average Bonchev–Trinajstić information content (AvgIpc) is 2.74. The number of piperazine rings is 1. The molecule has 0 aromatic carbocycles. The Morgan fingerprint density at radius 1 is 1.27 bits per heavy atom. The Kier molecular flexibility index (Phi) is 7.62. The van der Waals surface area contributed by atoms with Crippen molar-refractivity contribution in [2.24, 2.45) is 0 Å². The molecule has 0 bridgehead atoms. The molecule has 0 aliphatic carbocycles. The standard InChI is InChI=1S/C21H33N7O2/c1-3-4-8-23-20-19-16(24-21(22)25-20)7-10-27(17(19)15-29)9-5-6-18(30)28-13-11-26(2)12-14-28/h7,10,15,17H,3-6,8-9,11-14H2,1-2H3,(H3,22,23,24,25). The van der Waals surface area contributed by atoms with Crippen LogP contribution in [-0.4, -0.2) is 83.2 Å². The molecule has 1 unspecified atom stereocenters. The van der Waals surface area contributed by atoms with Gasteiger partial charge in [-0.05, 0) is 26.0 Å². The molecule has 1 aromatic heterocycles. The number of aromatic nitrogens is 2. The van der Waals surface area contributed by atoms with Crippen molar-refractivity contribution in [3.63, 3.8) is 0 Å². The Bertz CT molecular complexity index is 775. The number of carbonyl (C=O) groups excluding carboxylic acids is 2. The van der Waals surface area contributed by atoms with Crippen LogP contribution in [-0.2, 0) is 9.59 Å². The monoisotopic (exact) mass is 415 g/mol. The van der Waals surface area contributed by atoms with Crippen molar-refractivity contribution in [1.29, 1.82) is 0 Å². The van der Waals surface area contributed by atoms with Crippen molar-refractivity contribution >= 4 is 30.0 Å². The number of nitrogens with zero attached hydrogens (tertiary/aromatic N) is 5. The van der Waals surface area contributed by atoms with Gasteiger partial charge in [0.05, 0.1) is 11.3 Å². The summed E-state index contributed by atoms with van der Waals surface area (Å²) in [6.07, 6.45) is 7.86. The van der Waals surface area contributed by atoms with Crippen molar-refractivity contribution in [1.82, 2.24) is 24.7 Å². The molecule has 9 heteroatoms. The molecule has 1 atom stereocenters. The summed E-state index contributed by atoms with van der Waals surface area (Å²) in [6, 6.07) is -0.492. The van der Waals surface area contributed by atoms with Crippen molar-refractivity contribution in [2.45, 2.75) is 38.6 Å². The van der Waals surface area contributed by atoms with Gasteiger partial charge in [-0.1, -0.05) is 13.3 Å². The first-order valence-corrected chi connectivity index (χ1v) is 10.8. The third-order valence-corrected chi connectivity index (χ3v) is 5.68. The maximum Gasteiger partial charge on any atom is 0.222 e. The molecular weight excluding hydrogens is 382 g/mol. The van der Waals surface area contributed by atoms with E-state index >= 15 is 0 Å². The topological polar surface area (TPSA) is 108 Å². The normalized spacial score (nSPS) is 18.9. The van der Waals surface area contributed by atoms with E-state index in [1.165, 1.54) is 0 Å². The summed E-state index contributed by atoms with van der Waals surface area (Å²) < 4.78 is 0. The van der Waals surface area contributed by atoms with Crippen LogP contribution in [0, 0.1) is 0 Å². The van der Waals surface area contributed by atoms with E-state index in [4.69, 9.17) is 5.73 Å². The number of hydrogen-bond acceptors (Lipinski definition) is 8. The summed E-state index contributed by atoms with van der Waals surface area (Å²) in [5.74, 6) is 0.990. The molecule has 1 aromatic rings. The minimum atomic E-state index is -0.492. The lowest BCUT2D eigenvalue weighted by Gasteiger charge is -2.33. The lowest BCUT2D eigenvalue weighted by molar-refractivity contribution is -0.132. The molecule has 9 nitrogen and oxygen atoms in total. The van der Waals surface area contributed by atoms with Crippen LogP contribution >= 0.6 is 0 Å². The minimum Gasteiger partial charge on any atom is -0.370 e.